The number of rotatable bonds is 7. The maximum Gasteiger partial charge on any atom is 0.305 e. The van der Waals surface area contributed by atoms with Crippen molar-refractivity contribution >= 4 is 34.4 Å². The number of H-pyrrole nitrogens is 1. The fourth-order valence-corrected chi connectivity index (χ4v) is 4.49. The first-order chi connectivity index (χ1) is 16.6. The molecule has 174 valence electrons. The lowest BCUT2D eigenvalue weighted by Gasteiger charge is -2.19. The molecule has 1 N–H and O–H groups in total. The maximum atomic E-state index is 11.8. The first kappa shape index (κ1) is 22.2. The van der Waals surface area contributed by atoms with Gasteiger partial charge in [-0.3, -0.25) is 4.79 Å². The molecule has 1 fully saturated rings. The molecule has 0 spiro atoms. The summed E-state index contributed by atoms with van der Waals surface area (Å²) in [5.41, 5.74) is 2.59. The number of anilines is 1. The molecule has 34 heavy (non-hydrogen) atoms. The van der Waals surface area contributed by atoms with Crippen LogP contribution in [0.3, 0.4) is 0 Å². The van der Waals surface area contributed by atoms with Crippen LogP contribution >= 0.6 is 11.6 Å². The maximum absolute atomic E-state index is 11.8. The Morgan fingerprint density at radius 3 is 2.79 bits per heavy atom. The van der Waals surface area contributed by atoms with E-state index in [0.717, 1.165) is 47.6 Å². The van der Waals surface area contributed by atoms with E-state index in [9.17, 15) is 4.79 Å². The topological polar surface area (TPSA) is 80.3 Å². The molecule has 1 atom stereocenters. The third kappa shape index (κ3) is 4.84. The van der Waals surface area contributed by atoms with Gasteiger partial charge in [0, 0.05) is 23.7 Å². The van der Waals surface area contributed by atoms with Gasteiger partial charge in [-0.05, 0) is 36.6 Å². The van der Waals surface area contributed by atoms with Crippen LogP contribution < -0.4 is 9.64 Å². The number of nitrogens with zero attached hydrogens (tertiary/aromatic N) is 3. The Balaban J connectivity index is 1.47. The Labute approximate surface area is 202 Å². The van der Waals surface area contributed by atoms with Gasteiger partial charge in [0.25, 0.3) is 0 Å². The van der Waals surface area contributed by atoms with Crippen LogP contribution in [0.5, 0.6) is 5.75 Å². The number of carbonyl (C=O) groups excluding carboxylic acids is 1. The zero-order chi connectivity index (χ0) is 23.5. The minimum atomic E-state index is -0.174. The zero-order valence-corrected chi connectivity index (χ0v) is 19.6. The molecular weight excluding hydrogens is 452 g/mol. The average Bonchev–Trinajstić information content (AvgIpc) is 3.49. The summed E-state index contributed by atoms with van der Waals surface area (Å²) in [6.07, 6.45) is 1.33. The highest BCUT2D eigenvalue weighted by Gasteiger charge is 2.28. The van der Waals surface area contributed by atoms with Gasteiger partial charge in [0.05, 0.1) is 24.6 Å². The Morgan fingerprint density at radius 1 is 1.15 bits per heavy atom. The minimum Gasteiger partial charge on any atom is -0.487 e. The van der Waals surface area contributed by atoms with Gasteiger partial charge in [0.1, 0.15) is 23.8 Å². The Kier molecular flexibility index (Phi) is 6.36. The Hall–Kier alpha value is -3.58. The van der Waals surface area contributed by atoms with Crippen LogP contribution in [0.25, 0.3) is 22.4 Å². The molecule has 7 nitrogen and oxygen atoms in total. The summed E-state index contributed by atoms with van der Waals surface area (Å²) in [5.74, 6) is 2.28. The molecule has 5 rings (SSSR count). The molecule has 1 aliphatic heterocycles. The fraction of sp³-hybridized carbons (Fsp3) is 0.269. The van der Waals surface area contributed by atoms with Crippen molar-refractivity contribution in [3.63, 3.8) is 0 Å². The summed E-state index contributed by atoms with van der Waals surface area (Å²) in [7, 11) is 1.43. The lowest BCUT2D eigenvalue weighted by Crippen LogP contribution is -2.22. The van der Waals surface area contributed by atoms with Crippen LogP contribution in [0.1, 0.15) is 18.5 Å². The predicted molar refractivity (Wildman–Crippen MR) is 132 cm³/mol. The van der Waals surface area contributed by atoms with Crippen molar-refractivity contribution in [2.75, 3.05) is 25.1 Å². The van der Waals surface area contributed by atoms with Crippen molar-refractivity contribution in [1.29, 1.82) is 0 Å². The van der Waals surface area contributed by atoms with Crippen LogP contribution in [-0.4, -0.2) is 41.1 Å². The molecule has 1 aliphatic rings. The lowest BCUT2D eigenvalue weighted by molar-refractivity contribution is -0.141. The largest absolute Gasteiger partial charge is 0.487 e. The van der Waals surface area contributed by atoms with Crippen molar-refractivity contribution in [3.05, 3.63) is 71.4 Å². The van der Waals surface area contributed by atoms with E-state index < -0.39 is 0 Å². The number of aromatic nitrogens is 3. The molecular formula is C26H25ClN4O3. The van der Waals surface area contributed by atoms with E-state index in [1.54, 1.807) is 6.07 Å². The van der Waals surface area contributed by atoms with Gasteiger partial charge >= 0.3 is 5.97 Å². The third-order valence-corrected chi connectivity index (χ3v) is 6.25. The zero-order valence-electron chi connectivity index (χ0n) is 18.8. The van der Waals surface area contributed by atoms with Crippen LogP contribution in [0.15, 0.2) is 60.7 Å². The van der Waals surface area contributed by atoms with Crippen LogP contribution in [0.4, 0.5) is 5.82 Å². The number of esters is 1. The molecule has 1 unspecified atom stereocenters. The second-order valence-electron chi connectivity index (χ2n) is 8.42. The molecule has 8 heteroatoms. The van der Waals surface area contributed by atoms with Gasteiger partial charge in [0.2, 0.25) is 0 Å². The summed E-state index contributed by atoms with van der Waals surface area (Å²) >= 11 is 6.07. The van der Waals surface area contributed by atoms with Crippen LogP contribution in [-0.2, 0) is 16.1 Å². The van der Waals surface area contributed by atoms with Crippen molar-refractivity contribution in [3.8, 4) is 17.1 Å². The van der Waals surface area contributed by atoms with Gasteiger partial charge in [0.15, 0.2) is 5.82 Å². The normalized spacial score (nSPS) is 15.6. The highest BCUT2D eigenvalue weighted by molar-refractivity contribution is 6.30. The van der Waals surface area contributed by atoms with Crippen LogP contribution in [0, 0.1) is 5.92 Å². The van der Waals surface area contributed by atoms with E-state index in [4.69, 9.17) is 31.0 Å². The number of nitrogens with one attached hydrogen (secondary N) is 1. The number of hydrogen-bond acceptors (Lipinski definition) is 6. The fourth-order valence-electron chi connectivity index (χ4n) is 4.31. The van der Waals surface area contributed by atoms with Crippen molar-refractivity contribution in [2.24, 2.45) is 5.92 Å². The summed E-state index contributed by atoms with van der Waals surface area (Å²) in [4.78, 5) is 27.2. The molecule has 0 amide bonds. The second-order valence-corrected chi connectivity index (χ2v) is 8.86. The number of ether oxygens (including phenoxy) is 2. The SMILES string of the molecule is COC(=O)CC1CCN(c2nc(-c3ccccc3)nc3[nH]c(COc4cccc(Cl)c4)cc23)C1. The van der Waals surface area contributed by atoms with Gasteiger partial charge in [-0.25, -0.2) is 9.97 Å². The molecule has 3 heterocycles. The highest BCUT2D eigenvalue weighted by Crippen LogP contribution is 2.33. The smallest absolute Gasteiger partial charge is 0.305 e. The van der Waals surface area contributed by atoms with E-state index in [1.807, 2.05) is 54.6 Å². The molecule has 1 saturated heterocycles. The Morgan fingerprint density at radius 2 is 2.00 bits per heavy atom. The molecule has 0 aliphatic carbocycles. The summed E-state index contributed by atoms with van der Waals surface area (Å²) in [6.45, 7) is 1.91. The standard InChI is InChI=1S/C26H25ClN4O3/c1-33-23(32)12-17-10-11-31(15-17)26-22-14-20(16-34-21-9-5-8-19(27)13-21)28-25(22)29-24(30-26)18-6-3-2-4-7-18/h2-9,13-14,17H,10-12,15-16H2,1H3,(H,28,29,30). The number of halogens is 1. The van der Waals surface area contributed by atoms with E-state index in [0.29, 0.717) is 29.6 Å². The van der Waals surface area contributed by atoms with Gasteiger partial charge in [-0.15, -0.1) is 0 Å². The van der Waals surface area contributed by atoms with E-state index >= 15 is 0 Å². The van der Waals surface area contributed by atoms with Crippen molar-refractivity contribution in [2.45, 2.75) is 19.4 Å². The number of hydrogen-bond donors (Lipinski definition) is 1. The van der Waals surface area contributed by atoms with E-state index in [-0.39, 0.29) is 11.9 Å². The number of benzene rings is 2. The monoisotopic (exact) mass is 476 g/mol. The number of carbonyl (C=O) groups is 1. The first-order valence-corrected chi connectivity index (χ1v) is 11.6. The molecule has 0 saturated carbocycles. The molecule has 2 aromatic carbocycles. The van der Waals surface area contributed by atoms with Gasteiger partial charge in [-0.2, -0.15) is 0 Å². The van der Waals surface area contributed by atoms with Gasteiger partial charge in [-0.1, -0.05) is 48.0 Å². The highest BCUT2D eigenvalue weighted by atomic mass is 35.5. The third-order valence-electron chi connectivity index (χ3n) is 6.01. The van der Waals surface area contributed by atoms with Gasteiger partial charge < -0.3 is 19.4 Å². The first-order valence-electron chi connectivity index (χ1n) is 11.2. The summed E-state index contributed by atoms with van der Waals surface area (Å²) in [5, 5.41) is 1.56. The molecule has 4 aromatic rings. The Bertz CT molecular complexity index is 1310. The number of fused-ring (bicyclic) bond motifs is 1. The summed E-state index contributed by atoms with van der Waals surface area (Å²) in [6, 6.07) is 19.3. The summed E-state index contributed by atoms with van der Waals surface area (Å²) < 4.78 is 10.8. The number of methoxy groups -OCH3 is 1. The van der Waals surface area contributed by atoms with E-state index in [2.05, 4.69) is 9.88 Å². The minimum absolute atomic E-state index is 0.174. The lowest BCUT2D eigenvalue weighted by atomic mass is 10.1. The van der Waals surface area contributed by atoms with Crippen LogP contribution in [0.2, 0.25) is 5.02 Å². The quantitative estimate of drug-likeness (QED) is 0.367. The van der Waals surface area contributed by atoms with Crippen molar-refractivity contribution < 1.29 is 14.3 Å². The number of aromatic amines is 1. The van der Waals surface area contributed by atoms with E-state index in [1.165, 1.54) is 7.11 Å². The average molecular weight is 477 g/mol. The molecule has 2 aromatic heterocycles. The predicted octanol–water partition coefficient (Wildman–Crippen LogP) is 5.25. The second kappa shape index (κ2) is 9.73. The van der Waals surface area contributed by atoms with Crippen molar-refractivity contribution in [1.82, 2.24) is 15.0 Å². The molecule has 0 bridgehead atoms. The molecule has 0 radical (unpaired) electrons.